The third kappa shape index (κ3) is 3.31. The lowest BCUT2D eigenvalue weighted by Crippen LogP contribution is -1.87. The van der Waals surface area contributed by atoms with E-state index in [2.05, 4.69) is 0 Å². The number of rotatable bonds is 4. The van der Waals surface area contributed by atoms with Crippen molar-refractivity contribution in [1.82, 2.24) is 0 Å². The third-order valence-electron chi connectivity index (χ3n) is 2.31. The summed E-state index contributed by atoms with van der Waals surface area (Å²) in [5.41, 5.74) is -0.0600. The summed E-state index contributed by atoms with van der Waals surface area (Å²) in [7, 11) is 0. The summed E-state index contributed by atoms with van der Waals surface area (Å²) < 4.78 is 13.5. The van der Waals surface area contributed by atoms with E-state index in [0.717, 1.165) is 23.1 Å². The van der Waals surface area contributed by atoms with Gasteiger partial charge in [0.25, 0.3) is 5.69 Å². The molecule has 1 atom stereocenters. The summed E-state index contributed by atoms with van der Waals surface area (Å²) >= 11 is 2.27. The summed E-state index contributed by atoms with van der Waals surface area (Å²) in [4.78, 5) is 11.6. The molecule has 0 aliphatic rings. The molecule has 0 aliphatic heterocycles. The highest BCUT2D eigenvalue weighted by molar-refractivity contribution is 8.01. The number of benzene rings is 1. The zero-order valence-corrected chi connectivity index (χ0v) is 11.5. The van der Waals surface area contributed by atoms with Gasteiger partial charge in [-0.25, -0.2) is 4.39 Å². The van der Waals surface area contributed by atoms with Gasteiger partial charge in [0.05, 0.1) is 11.0 Å². The minimum absolute atomic E-state index is 0.0600. The fraction of sp³-hybridized carbons (Fsp3) is 0.167. The van der Waals surface area contributed by atoms with Crippen LogP contribution in [0.15, 0.2) is 39.4 Å². The maximum atomic E-state index is 13.1. The van der Waals surface area contributed by atoms with Crippen LogP contribution in [0.25, 0.3) is 0 Å². The van der Waals surface area contributed by atoms with Crippen molar-refractivity contribution >= 4 is 28.8 Å². The average molecular weight is 299 g/mol. The number of hydrogen-bond acceptors (Lipinski definition) is 5. The first-order valence-electron chi connectivity index (χ1n) is 5.37. The average Bonchev–Trinajstić information content (AvgIpc) is 2.73. The summed E-state index contributed by atoms with van der Waals surface area (Å²) in [6.45, 7) is 1.55. The lowest BCUT2D eigenvalue weighted by atomic mass is 10.3. The van der Waals surface area contributed by atoms with E-state index in [1.165, 1.54) is 18.2 Å². The number of aliphatic hydroxyl groups is 1. The fourth-order valence-corrected chi connectivity index (χ4v) is 3.73. The molecule has 1 aromatic carbocycles. The van der Waals surface area contributed by atoms with Crippen molar-refractivity contribution in [3.05, 3.63) is 51.1 Å². The Bertz CT molecular complexity index is 613. The van der Waals surface area contributed by atoms with Gasteiger partial charge in [-0.1, -0.05) is 17.8 Å². The van der Waals surface area contributed by atoms with Crippen LogP contribution >= 0.6 is 23.1 Å². The maximum Gasteiger partial charge on any atom is 0.294 e. The second kappa shape index (κ2) is 5.68. The molecule has 2 rings (SSSR count). The first kappa shape index (κ1) is 14.0. The highest BCUT2D eigenvalue weighted by Gasteiger charge is 2.21. The van der Waals surface area contributed by atoms with E-state index in [1.807, 2.05) is 0 Å². The smallest absolute Gasteiger partial charge is 0.294 e. The molecule has 0 spiro atoms. The molecular weight excluding hydrogens is 289 g/mol. The first-order valence-corrected chi connectivity index (χ1v) is 7.00. The van der Waals surface area contributed by atoms with Crippen molar-refractivity contribution in [3.63, 3.8) is 0 Å². The Balaban J connectivity index is 2.36. The van der Waals surface area contributed by atoms with E-state index in [4.69, 9.17) is 0 Å². The van der Waals surface area contributed by atoms with Crippen molar-refractivity contribution < 1.29 is 14.4 Å². The molecule has 2 aromatic rings. The van der Waals surface area contributed by atoms with Crippen molar-refractivity contribution in [2.24, 2.45) is 0 Å². The summed E-state index contributed by atoms with van der Waals surface area (Å²) in [6.07, 6.45) is -0.759. The van der Waals surface area contributed by atoms with E-state index in [-0.39, 0.29) is 11.5 Å². The summed E-state index contributed by atoms with van der Waals surface area (Å²) in [6, 6.07) is 7.22. The predicted octanol–water partition coefficient (Wildman–Crippen LogP) is 4.00. The number of nitro groups is 1. The molecule has 0 bridgehead atoms. The normalized spacial score (nSPS) is 12.4. The zero-order valence-electron chi connectivity index (χ0n) is 9.87. The molecule has 1 unspecified atom stereocenters. The lowest BCUT2D eigenvalue weighted by Gasteiger charge is -1.99. The van der Waals surface area contributed by atoms with Gasteiger partial charge in [0, 0.05) is 15.8 Å². The number of aliphatic hydroxyl groups excluding tert-OH is 1. The van der Waals surface area contributed by atoms with Crippen LogP contribution in [0, 0.1) is 15.9 Å². The van der Waals surface area contributed by atoms with Gasteiger partial charge in [-0.05, 0) is 25.1 Å². The molecule has 7 heteroatoms. The first-order chi connectivity index (χ1) is 8.97. The molecule has 1 heterocycles. The molecule has 0 saturated carbocycles. The Morgan fingerprint density at radius 1 is 1.47 bits per heavy atom. The molecule has 4 nitrogen and oxygen atoms in total. The predicted molar refractivity (Wildman–Crippen MR) is 72.1 cm³/mol. The van der Waals surface area contributed by atoms with Crippen LogP contribution in [0.2, 0.25) is 0 Å². The molecule has 1 N–H and O–H groups in total. The highest BCUT2D eigenvalue weighted by atomic mass is 32.2. The monoisotopic (exact) mass is 299 g/mol. The molecule has 0 aliphatic carbocycles. The minimum Gasteiger partial charge on any atom is -0.388 e. The van der Waals surface area contributed by atoms with Crippen LogP contribution in [0.5, 0.6) is 0 Å². The van der Waals surface area contributed by atoms with Gasteiger partial charge in [0.2, 0.25) is 0 Å². The molecular formula is C12H10FNO3S2. The quantitative estimate of drug-likeness (QED) is 0.684. The molecule has 0 fully saturated rings. The third-order valence-corrected chi connectivity index (χ3v) is 4.79. The van der Waals surface area contributed by atoms with E-state index in [0.29, 0.717) is 14.0 Å². The molecule has 0 radical (unpaired) electrons. The number of nitrogens with zero attached hydrogens (tertiary/aromatic N) is 1. The Labute approximate surface area is 117 Å². The van der Waals surface area contributed by atoms with Crippen LogP contribution in [0.4, 0.5) is 10.1 Å². The Morgan fingerprint density at radius 2 is 2.21 bits per heavy atom. The van der Waals surface area contributed by atoms with Gasteiger partial charge < -0.3 is 5.11 Å². The van der Waals surface area contributed by atoms with E-state index < -0.39 is 11.0 Å². The standard InChI is InChI=1S/C12H10FNO3S2/c1-7(15)11-6-10(14(16)17)12(19-11)18-9-4-2-3-8(13)5-9/h2-7,15H,1H3. The molecule has 19 heavy (non-hydrogen) atoms. The maximum absolute atomic E-state index is 13.1. The van der Waals surface area contributed by atoms with Crippen LogP contribution in [0.3, 0.4) is 0 Å². The molecule has 0 amide bonds. The fourth-order valence-electron chi connectivity index (χ4n) is 1.43. The molecule has 0 saturated heterocycles. The molecule has 100 valence electrons. The number of hydrogen-bond donors (Lipinski definition) is 1. The highest BCUT2D eigenvalue weighted by Crippen LogP contribution is 2.43. The largest absolute Gasteiger partial charge is 0.388 e. The Morgan fingerprint density at radius 3 is 2.79 bits per heavy atom. The topological polar surface area (TPSA) is 63.4 Å². The minimum atomic E-state index is -0.759. The second-order valence-electron chi connectivity index (χ2n) is 3.81. The van der Waals surface area contributed by atoms with E-state index in [1.54, 1.807) is 19.1 Å². The lowest BCUT2D eigenvalue weighted by molar-refractivity contribution is -0.387. The van der Waals surface area contributed by atoms with Crippen LogP contribution in [0.1, 0.15) is 17.9 Å². The van der Waals surface area contributed by atoms with Crippen molar-refractivity contribution in [2.75, 3.05) is 0 Å². The van der Waals surface area contributed by atoms with Gasteiger partial charge in [-0.2, -0.15) is 0 Å². The van der Waals surface area contributed by atoms with Gasteiger partial charge in [0.1, 0.15) is 10.0 Å². The van der Waals surface area contributed by atoms with E-state index >= 15 is 0 Å². The van der Waals surface area contributed by atoms with Crippen LogP contribution in [-0.2, 0) is 0 Å². The van der Waals surface area contributed by atoms with Crippen molar-refractivity contribution in [1.29, 1.82) is 0 Å². The van der Waals surface area contributed by atoms with Crippen LogP contribution < -0.4 is 0 Å². The Hall–Kier alpha value is -1.44. The second-order valence-corrected chi connectivity index (χ2v) is 6.24. The Kier molecular flexibility index (Phi) is 4.18. The van der Waals surface area contributed by atoms with Crippen molar-refractivity contribution in [2.45, 2.75) is 22.1 Å². The van der Waals surface area contributed by atoms with Gasteiger partial charge in [-0.15, -0.1) is 11.3 Å². The van der Waals surface area contributed by atoms with E-state index in [9.17, 15) is 19.6 Å². The summed E-state index contributed by atoms with van der Waals surface area (Å²) in [5.74, 6) is -0.389. The van der Waals surface area contributed by atoms with Crippen molar-refractivity contribution in [3.8, 4) is 0 Å². The zero-order chi connectivity index (χ0) is 14.0. The number of halogens is 1. The SMILES string of the molecule is CC(O)c1cc([N+](=O)[O-])c(Sc2cccc(F)c2)s1. The van der Waals surface area contributed by atoms with Gasteiger partial charge in [0.15, 0.2) is 0 Å². The van der Waals surface area contributed by atoms with Crippen LogP contribution in [-0.4, -0.2) is 10.0 Å². The van der Waals surface area contributed by atoms with Gasteiger partial charge in [-0.3, -0.25) is 10.1 Å². The summed E-state index contributed by atoms with van der Waals surface area (Å²) in [5, 5.41) is 20.4. The number of thiophene rings is 1. The van der Waals surface area contributed by atoms with Gasteiger partial charge >= 0.3 is 0 Å². The molecule has 1 aromatic heterocycles.